The molecule has 2 heterocycles. The molecule has 5 nitrogen and oxygen atoms in total. The number of rotatable bonds is 3. The van der Waals surface area contributed by atoms with E-state index in [1.54, 1.807) is 12.1 Å². The van der Waals surface area contributed by atoms with Crippen molar-refractivity contribution in [1.29, 1.82) is 0 Å². The summed E-state index contributed by atoms with van der Waals surface area (Å²) in [5, 5.41) is 8.49. The molecule has 2 atom stereocenters. The predicted molar refractivity (Wildman–Crippen MR) is 86.8 cm³/mol. The second kappa shape index (κ2) is 5.69. The molecule has 1 fully saturated rings. The van der Waals surface area contributed by atoms with E-state index in [-0.39, 0.29) is 23.6 Å². The van der Waals surface area contributed by atoms with Crippen molar-refractivity contribution in [2.75, 3.05) is 6.54 Å². The van der Waals surface area contributed by atoms with Gasteiger partial charge in [-0.2, -0.15) is 0 Å². The molecule has 2 aromatic rings. The van der Waals surface area contributed by atoms with Crippen LogP contribution in [0.3, 0.4) is 0 Å². The van der Waals surface area contributed by atoms with Crippen molar-refractivity contribution in [2.45, 2.75) is 45.2 Å². The molecule has 24 heavy (non-hydrogen) atoms. The number of hydrogen-bond acceptors (Lipinski definition) is 3. The Balaban J connectivity index is 1.46. The van der Waals surface area contributed by atoms with Gasteiger partial charge in [0.1, 0.15) is 11.6 Å². The first-order chi connectivity index (χ1) is 11.6. The van der Waals surface area contributed by atoms with E-state index < -0.39 is 0 Å². The van der Waals surface area contributed by atoms with E-state index >= 15 is 0 Å². The molecular weight excluding hydrogens is 307 g/mol. The van der Waals surface area contributed by atoms with E-state index in [2.05, 4.69) is 28.6 Å². The minimum atomic E-state index is -0.210. The van der Waals surface area contributed by atoms with Crippen LogP contribution in [0.1, 0.15) is 49.3 Å². The lowest BCUT2D eigenvalue weighted by Crippen LogP contribution is -2.39. The summed E-state index contributed by atoms with van der Waals surface area (Å²) in [6, 6.07) is 6.76. The molecule has 0 N–H and O–H groups in total. The van der Waals surface area contributed by atoms with Gasteiger partial charge in [-0.05, 0) is 24.0 Å². The first-order valence-electron chi connectivity index (χ1n) is 8.51. The summed E-state index contributed by atoms with van der Waals surface area (Å²) in [6.07, 6.45) is 0.736. The molecular formula is C18H21FN4O. The number of benzene rings is 1. The van der Waals surface area contributed by atoms with E-state index in [4.69, 9.17) is 0 Å². The van der Waals surface area contributed by atoms with Gasteiger partial charge in [-0.25, -0.2) is 4.39 Å². The van der Waals surface area contributed by atoms with Crippen LogP contribution >= 0.6 is 0 Å². The highest BCUT2D eigenvalue weighted by atomic mass is 19.1. The van der Waals surface area contributed by atoms with E-state index in [1.165, 1.54) is 6.07 Å². The average Bonchev–Trinajstić information content (AvgIpc) is 3.24. The normalized spacial score (nSPS) is 22.6. The number of carbonyl (C=O) groups is 1. The van der Waals surface area contributed by atoms with Crippen LogP contribution in [0, 0.1) is 11.7 Å². The molecule has 1 aliphatic heterocycles. The first kappa shape index (κ1) is 15.3. The Morgan fingerprint density at radius 3 is 2.79 bits per heavy atom. The Hall–Kier alpha value is -2.24. The Kier molecular flexibility index (Phi) is 3.62. The summed E-state index contributed by atoms with van der Waals surface area (Å²) in [5.74, 6) is 1.98. The lowest BCUT2D eigenvalue weighted by molar-refractivity contribution is -0.134. The quantitative estimate of drug-likeness (QED) is 0.870. The van der Waals surface area contributed by atoms with Gasteiger partial charge in [-0.1, -0.05) is 32.0 Å². The first-order valence-corrected chi connectivity index (χ1v) is 8.51. The van der Waals surface area contributed by atoms with Gasteiger partial charge in [0.05, 0.1) is 6.54 Å². The Morgan fingerprint density at radius 1 is 1.25 bits per heavy atom. The smallest absolute Gasteiger partial charge is 0.226 e. The summed E-state index contributed by atoms with van der Waals surface area (Å²) in [7, 11) is 0. The number of halogens is 1. The molecule has 1 aliphatic carbocycles. The molecule has 2 unspecified atom stereocenters. The molecule has 1 aromatic carbocycles. The highest BCUT2D eigenvalue weighted by Gasteiger charge is 2.47. The Bertz CT molecular complexity index is 785. The Morgan fingerprint density at radius 2 is 2.04 bits per heavy atom. The number of carbonyl (C=O) groups excluding carboxylic acids is 1. The van der Waals surface area contributed by atoms with Crippen molar-refractivity contribution in [3.8, 4) is 0 Å². The van der Waals surface area contributed by atoms with Crippen LogP contribution in [-0.2, 0) is 17.9 Å². The standard InChI is InChI=1S/C18H21FN4O/c1-11(2)17-21-20-16-10-22(7-8-23(16)17)18(24)14-9-13(14)12-5-3-4-6-15(12)19/h3-6,11,13-14H,7-10H2,1-2H3. The largest absolute Gasteiger partial charge is 0.333 e. The lowest BCUT2D eigenvalue weighted by atomic mass is 10.1. The zero-order valence-corrected chi connectivity index (χ0v) is 13.9. The van der Waals surface area contributed by atoms with Crippen LogP contribution in [0.4, 0.5) is 4.39 Å². The van der Waals surface area contributed by atoms with Crippen molar-refractivity contribution >= 4 is 5.91 Å². The highest BCUT2D eigenvalue weighted by molar-refractivity contribution is 5.83. The molecule has 1 amide bonds. The molecule has 0 bridgehead atoms. The third-order valence-corrected chi connectivity index (χ3v) is 5.02. The van der Waals surface area contributed by atoms with Gasteiger partial charge in [0.15, 0.2) is 5.82 Å². The minimum Gasteiger partial charge on any atom is -0.333 e. The number of nitrogens with zero attached hydrogens (tertiary/aromatic N) is 4. The fraction of sp³-hybridized carbons (Fsp3) is 0.500. The fourth-order valence-corrected chi connectivity index (χ4v) is 3.62. The van der Waals surface area contributed by atoms with Gasteiger partial charge in [0, 0.05) is 24.9 Å². The SMILES string of the molecule is CC(C)c1nnc2n1CCN(C(=O)C1CC1c1ccccc1F)C2. The van der Waals surface area contributed by atoms with Crippen molar-refractivity contribution in [2.24, 2.45) is 5.92 Å². The summed E-state index contributed by atoms with van der Waals surface area (Å²) >= 11 is 0. The summed E-state index contributed by atoms with van der Waals surface area (Å²) in [4.78, 5) is 14.6. The van der Waals surface area contributed by atoms with Crippen molar-refractivity contribution < 1.29 is 9.18 Å². The van der Waals surface area contributed by atoms with Crippen molar-refractivity contribution in [1.82, 2.24) is 19.7 Å². The van der Waals surface area contributed by atoms with Crippen LogP contribution in [0.15, 0.2) is 24.3 Å². The van der Waals surface area contributed by atoms with Gasteiger partial charge >= 0.3 is 0 Å². The second-order valence-electron chi connectivity index (χ2n) is 7.01. The maximum Gasteiger partial charge on any atom is 0.226 e. The van der Waals surface area contributed by atoms with Crippen molar-refractivity contribution in [3.63, 3.8) is 0 Å². The van der Waals surface area contributed by atoms with Gasteiger partial charge in [-0.15, -0.1) is 10.2 Å². The molecule has 6 heteroatoms. The number of amides is 1. The molecule has 126 valence electrons. The van der Waals surface area contributed by atoms with Crippen LogP contribution < -0.4 is 0 Å². The second-order valence-corrected chi connectivity index (χ2v) is 7.01. The third kappa shape index (κ3) is 2.50. The maximum atomic E-state index is 13.9. The highest BCUT2D eigenvalue weighted by Crippen LogP contribution is 2.49. The summed E-state index contributed by atoms with van der Waals surface area (Å²) < 4.78 is 16.0. The maximum absolute atomic E-state index is 13.9. The van der Waals surface area contributed by atoms with Gasteiger partial charge in [0.25, 0.3) is 0 Å². The average molecular weight is 328 g/mol. The number of hydrogen-bond donors (Lipinski definition) is 0. The van der Waals surface area contributed by atoms with Gasteiger partial charge in [0.2, 0.25) is 5.91 Å². The number of aromatic nitrogens is 3. The number of fused-ring (bicyclic) bond motifs is 1. The van der Waals surface area contributed by atoms with Gasteiger partial charge in [-0.3, -0.25) is 4.79 Å². The van der Waals surface area contributed by atoms with E-state index in [0.717, 1.165) is 24.6 Å². The van der Waals surface area contributed by atoms with Crippen LogP contribution in [0.2, 0.25) is 0 Å². The third-order valence-electron chi connectivity index (χ3n) is 5.02. The van der Waals surface area contributed by atoms with Crippen LogP contribution in [0.5, 0.6) is 0 Å². The molecule has 0 saturated heterocycles. The molecule has 2 aliphatic rings. The molecule has 1 aromatic heterocycles. The van der Waals surface area contributed by atoms with E-state index in [0.29, 0.717) is 24.6 Å². The van der Waals surface area contributed by atoms with E-state index in [1.807, 2.05) is 11.0 Å². The molecule has 1 saturated carbocycles. The Labute approximate surface area is 140 Å². The van der Waals surface area contributed by atoms with Crippen LogP contribution in [0.25, 0.3) is 0 Å². The summed E-state index contributed by atoms with van der Waals surface area (Å²) in [5.41, 5.74) is 0.665. The van der Waals surface area contributed by atoms with Gasteiger partial charge < -0.3 is 9.47 Å². The van der Waals surface area contributed by atoms with Crippen LogP contribution in [-0.4, -0.2) is 32.1 Å². The zero-order chi connectivity index (χ0) is 16.8. The molecule has 0 radical (unpaired) electrons. The fourth-order valence-electron chi connectivity index (χ4n) is 3.62. The monoisotopic (exact) mass is 328 g/mol. The lowest BCUT2D eigenvalue weighted by Gasteiger charge is -2.28. The molecule has 0 spiro atoms. The minimum absolute atomic E-state index is 0.0183. The molecule has 4 rings (SSSR count). The topological polar surface area (TPSA) is 51.0 Å². The predicted octanol–water partition coefficient (Wildman–Crippen LogP) is 2.69. The zero-order valence-electron chi connectivity index (χ0n) is 13.9. The summed E-state index contributed by atoms with van der Waals surface area (Å²) in [6.45, 7) is 6.10. The van der Waals surface area contributed by atoms with Crippen molar-refractivity contribution in [3.05, 3.63) is 47.3 Å². The van der Waals surface area contributed by atoms with E-state index in [9.17, 15) is 9.18 Å².